The lowest BCUT2D eigenvalue weighted by atomic mass is 9.91. The molecule has 1 rings (SSSR count). The Morgan fingerprint density at radius 3 is 2.55 bits per heavy atom. The SMILES string of the molecule is CCNC(CC)(CO)CCCOc1ccccc1CC. The van der Waals surface area contributed by atoms with Gasteiger partial charge in [-0.3, -0.25) is 0 Å². The first kappa shape index (κ1) is 17.0. The Labute approximate surface area is 123 Å². The molecule has 3 nitrogen and oxygen atoms in total. The minimum absolute atomic E-state index is 0.150. The number of para-hydroxylation sites is 1. The average Bonchev–Trinajstić information content (AvgIpc) is 2.51. The number of benzene rings is 1. The molecule has 1 aromatic rings. The number of hydrogen-bond donors (Lipinski definition) is 2. The molecule has 1 unspecified atom stereocenters. The van der Waals surface area contributed by atoms with E-state index in [4.69, 9.17) is 4.74 Å². The van der Waals surface area contributed by atoms with E-state index in [0.29, 0.717) is 6.61 Å². The molecule has 20 heavy (non-hydrogen) atoms. The van der Waals surface area contributed by atoms with Crippen LogP contribution in [0.1, 0.15) is 45.6 Å². The molecule has 3 heteroatoms. The Bertz CT molecular complexity index is 375. The summed E-state index contributed by atoms with van der Waals surface area (Å²) in [6.45, 7) is 8.10. The van der Waals surface area contributed by atoms with Crippen LogP contribution in [0.25, 0.3) is 0 Å². The maximum absolute atomic E-state index is 9.60. The summed E-state index contributed by atoms with van der Waals surface area (Å²) in [7, 11) is 0. The Morgan fingerprint density at radius 2 is 1.95 bits per heavy atom. The zero-order chi connectivity index (χ0) is 14.8. The van der Waals surface area contributed by atoms with Crippen molar-refractivity contribution in [3.05, 3.63) is 29.8 Å². The molecule has 0 aliphatic rings. The Kier molecular flexibility index (Phi) is 7.63. The number of aliphatic hydroxyl groups is 1. The van der Waals surface area contributed by atoms with Gasteiger partial charge in [-0.25, -0.2) is 0 Å². The normalized spacial score (nSPS) is 14.0. The molecule has 0 amide bonds. The van der Waals surface area contributed by atoms with Crippen molar-refractivity contribution in [1.29, 1.82) is 0 Å². The molecule has 0 aliphatic carbocycles. The lowest BCUT2D eigenvalue weighted by Crippen LogP contribution is -2.48. The first-order chi connectivity index (χ1) is 9.71. The van der Waals surface area contributed by atoms with E-state index in [-0.39, 0.29) is 12.1 Å². The van der Waals surface area contributed by atoms with Crippen LogP contribution in [0.3, 0.4) is 0 Å². The summed E-state index contributed by atoms with van der Waals surface area (Å²) in [5.41, 5.74) is 1.10. The van der Waals surface area contributed by atoms with Crippen LogP contribution in [-0.4, -0.2) is 30.4 Å². The smallest absolute Gasteiger partial charge is 0.122 e. The van der Waals surface area contributed by atoms with E-state index in [1.165, 1.54) is 5.56 Å². The van der Waals surface area contributed by atoms with E-state index in [1.54, 1.807) is 0 Å². The standard InChI is InChI=1S/C17H29NO2/c1-4-15-10-7-8-11-16(15)20-13-9-12-17(5-2,14-19)18-6-3/h7-8,10-11,18-19H,4-6,9,12-14H2,1-3H3. The topological polar surface area (TPSA) is 41.5 Å². The third-order valence-corrected chi connectivity index (χ3v) is 3.94. The zero-order valence-corrected chi connectivity index (χ0v) is 13.1. The Morgan fingerprint density at radius 1 is 1.20 bits per heavy atom. The van der Waals surface area contributed by atoms with Crippen LogP contribution in [0.2, 0.25) is 0 Å². The number of aliphatic hydroxyl groups excluding tert-OH is 1. The predicted molar refractivity (Wildman–Crippen MR) is 84.3 cm³/mol. The minimum Gasteiger partial charge on any atom is -0.493 e. The van der Waals surface area contributed by atoms with Crippen molar-refractivity contribution >= 4 is 0 Å². The quantitative estimate of drug-likeness (QED) is 0.646. The largest absolute Gasteiger partial charge is 0.493 e. The van der Waals surface area contributed by atoms with Gasteiger partial charge in [-0.05, 0) is 43.9 Å². The number of ether oxygens (including phenoxy) is 1. The molecular formula is C17H29NO2. The fourth-order valence-corrected chi connectivity index (χ4v) is 2.54. The summed E-state index contributed by atoms with van der Waals surface area (Å²) in [5, 5.41) is 13.0. The predicted octanol–water partition coefficient (Wildman–Crippen LogP) is 3.16. The number of likely N-dealkylation sites (N-methyl/N-ethyl adjacent to an activating group) is 1. The van der Waals surface area contributed by atoms with Crippen molar-refractivity contribution in [1.82, 2.24) is 5.32 Å². The highest BCUT2D eigenvalue weighted by molar-refractivity contribution is 5.33. The molecule has 0 fully saturated rings. The second-order valence-electron chi connectivity index (χ2n) is 5.24. The van der Waals surface area contributed by atoms with Gasteiger partial charge >= 0.3 is 0 Å². The van der Waals surface area contributed by atoms with Gasteiger partial charge in [-0.2, -0.15) is 0 Å². The molecule has 0 saturated heterocycles. The van der Waals surface area contributed by atoms with Crippen LogP contribution in [-0.2, 0) is 6.42 Å². The lowest BCUT2D eigenvalue weighted by molar-refractivity contribution is 0.139. The first-order valence-electron chi connectivity index (χ1n) is 7.78. The number of rotatable bonds is 10. The highest BCUT2D eigenvalue weighted by Gasteiger charge is 2.25. The summed E-state index contributed by atoms with van der Waals surface area (Å²) in [6, 6.07) is 8.20. The third-order valence-electron chi connectivity index (χ3n) is 3.94. The van der Waals surface area contributed by atoms with Crippen LogP contribution >= 0.6 is 0 Å². The van der Waals surface area contributed by atoms with Crippen LogP contribution < -0.4 is 10.1 Å². The van der Waals surface area contributed by atoms with Crippen molar-refractivity contribution in [2.24, 2.45) is 0 Å². The highest BCUT2D eigenvalue weighted by Crippen LogP contribution is 2.20. The summed E-state index contributed by atoms with van der Waals surface area (Å²) < 4.78 is 5.88. The fraction of sp³-hybridized carbons (Fsp3) is 0.647. The van der Waals surface area contributed by atoms with Crippen molar-refractivity contribution in [3.63, 3.8) is 0 Å². The zero-order valence-electron chi connectivity index (χ0n) is 13.1. The molecule has 1 atom stereocenters. The molecule has 1 aromatic carbocycles. The van der Waals surface area contributed by atoms with Crippen LogP contribution in [0, 0.1) is 0 Å². The van der Waals surface area contributed by atoms with E-state index < -0.39 is 0 Å². The number of nitrogens with one attached hydrogen (secondary N) is 1. The van der Waals surface area contributed by atoms with E-state index in [9.17, 15) is 5.11 Å². The van der Waals surface area contributed by atoms with Gasteiger partial charge in [0, 0.05) is 5.54 Å². The van der Waals surface area contributed by atoms with Gasteiger partial charge in [0.05, 0.1) is 13.2 Å². The third kappa shape index (κ3) is 4.80. The highest BCUT2D eigenvalue weighted by atomic mass is 16.5. The van der Waals surface area contributed by atoms with E-state index in [2.05, 4.69) is 32.2 Å². The van der Waals surface area contributed by atoms with Crippen LogP contribution in [0.4, 0.5) is 0 Å². The number of aryl methyl sites for hydroxylation is 1. The van der Waals surface area contributed by atoms with E-state index >= 15 is 0 Å². The number of hydrogen-bond acceptors (Lipinski definition) is 3. The summed E-state index contributed by atoms with van der Waals surface area (Å²) in [5.74, 6) is 0.990. The lowest BCUT2D eigenvalue weighted by Gasteiger charge is -2.31. The van der Waals surface area contributed by atoms with E-state index in [0.717, 1.165) is 38.0 Å². The minimum atomic E-state index is -0.150. The molecule has 0 saturated carbocycles. The van der Waals surface area contributed by atoms with Gasteiger partial charge < -0.3 is 15.2 Å². The summed E-state index contributed by atoms with van der Waals surface area (Å²) in [6.07, 6.45) is 3.80. The maximum Gasteiger partial charge on any atom is 0.122 e. The van der Waals surface area contributed by atoms with Gasteiger partial charge in [0.2, 0.25) is 0 Å². The second-order valence-corrected chi connectivity index (χ2v) is 5.24. The van der Waals surface area contributed by atoms with Gasteiger partial charge in [0.1, 0.15) is 5.75 Å². The van der Waals surface area contributed by atoms with Crippen molar-refractivity contribution in [2.45, 2.75) is 52.0 Å². The van der Waals surface area contributed by atoms with Gasteiger partial charge in [0.15, 0.2) is 0 Å². The average molecular weight is 279 g/mol. The molecule has 114 valence electrons. The molecule has 0 bridgehead atoms. The molecule has 0 aromatic heterocycles. The van der Waals surface area contributed by atoms with Crippen LogP contribution in [0.15, 0.2) is 24.3 Å². The first-order valence-corrected chi connectivity index (χ1v) is 7.78. The molecule has 0 aliphatic heterocycles. The summed E-state index contributed by atoms with van der Waals surface area (Å²) in [4.78, 5) is 0. The molecule has 2 N–H and O–H groups in total. The Balaban J connectivity index is 2.44. The second kappa shape index (κ2) is 8.98. The van der Waals surface area contributed by atoms with E-state index in [1.807, 2.05) is 18.2 Å². The van der Waals surface area contributed by atoms with Gasteiger partial charge in [0.25, 0.3) is 0 Å². The molecular weight excluding hydrogens is 250 g/mol. The maximum atomic E-state index is 9.60. The Hall–Kier alpha value is -1.06. The van der Waals surface area contributed by atoms with Crippen molar-refractivity contribution < 1.29 is 9.84 Å². The van der Waals surface area contributed by atoms with Crippen molar-refractivity contribution in [2.75, 3.05) is 19.8 Å². The molecule has 0 heterocycles. The molecule has 0 spiro atoms. The van der Waals surface area contributed by atoms with Gasteiger partial charge in [-0.15, -0.1) is 0 Å². The monoisotopic (exact) mass is 279 g/mol. The van der Waals surface area contributed by atoms with Crippen LogP contribution in [0.5, 0.6) is 5.75 Å². The van der Waals surface area contributed by atoms with Gasteiger partial charge in [-0.1, -0.05) is 39.0 Å². The molecule has 0 radical (unpaired) electrons. The summed E-state index contributed by atoms with van der Waals surface area (Å²) >= 11 is 0. The van der Waals surface area contributed by atoms with Crippen molar-refractivity contribution in [3.8, 4) is 5.75 Å². The fourth-order valence-electron chi connectivity index (χ4n) is 2.54.